The fraction of sp³-hybridized carbons (Fsp3) is 0.500. The monoisotopic (exact) mass is 291 g/mol. The van der Waals surface area contributed by atoms with Crippen molar-refractivity contribution in [3.8, 4) is 11.5 Å². The first-order chi connectivity index (χ1) is 10.2. The molecule has 5 nitrogen and oxygen atoms in total. The van der Waals surface area contributed by atoms with Crippen LogP contribution >= 0.6 is 0 Å². The molecule has 1 heterocycles. The highest BCUT2D eigenvalue weighted by Crippen LogP contribution is 2.22. The van der Waals surface area contributed by atoms with Crippen molar-refractivity contribution in [1.82, 2.24) is 4.90 Å². The SMILES string of the molecule is COc1ccc(OCC(=O)N2CCCCCC2)c(C=O)c1. The molecule has 0 radical (unpaired) electrons. The van der Waals surface area contributed by atoms with Gasteiger partial charge in [0.1, 0.15) is 11.5 Å². The number of hydrogen-bond acceptors (Lipinski definition) is 4. The van der Waals surface area contributed by atoms with Crippen molar-refractivity contribution in [2.75, 3.05) is 26.8 Å². The van der Waals surface area contributed by atoms with Crippen LogP contribution in [0.25, 0.3) is 0 Å². The highest BCUT2D eigenvalue weighted by Gasteiger charge is 2.16. The second-order valence-corrected chi connectivity index (χ2v) is 5.11. The normalized spacial score (nSPS) is 15.2. The highest BCUT2D eigenvalue weighted by molar-refractivity contribution is 5.81. The van der Waals surface area contributed by atoms with Gasteiger partial charge in [-0.05, 0) is 31.0 Å². The average molecular weight is 291 g/mol. The van der Waals surface area contributed by atoms with E-state index in [4.69, 9.17) is 9.47 Å². The minimum atomic E-state index is -0.0346. The molecule has 21 heavy (non-hydrogen) atoms. The molecule has 2 rings (SSSR count). The van der Waals surface area contributed by atoms with E-state index in [0.717, 1.165) is 25.9 Å². The number of carbonyl (C=O) groups is 2. The summed E-state index contributed by atoms with van der Waals surface area (Å²) >= 11 is 0. The number of methoxy groups -OCH3 is 1. The molecule has 0 saturated carbocycles. The Morgan fingerprint density at radius 2 is 1.95 bits per heavy atom. The largest absolute Gasteiger partial charge is 0.497 e. The molecule has 1 aliphatic rings. The van der Waals surface area contributed by atoms with E-state index in [0.29, 0.717) is 23.3 Å². The topological polar surface area (TPSA) is 55.8 Å². The second-order valence-electron chi connectivity index (χ2n) is 5.11. The molecule has 0 bridgehead atoms. The molecular formula is C16H21NO4. The van der Waals surface area contributed by atoms with E-state index in [1.807, 2.05) is 4.90 Å². The zero-order chi connectivity index (χ0) is 15.1. The number of ether oxygens (including phenoxy) is 2. The van der Waals surface area contributed by atoms with Gasteiger partial charge in [-0.1, -0.05) is 12.8 Å². The van der Waals surface area contributed by atoms with Crippen LogP contribution in [0.15, 0.2) is 18.2 Å². The summed E-state index contributed by atoms with van der Waals surface area (Å²) in [5.74, 6) is 0.974. The first-order valence-electron chi connectivity index (χ1n) is 7.28. The van der Waals surface area contributed by atoms with Crippen molar-refractivity contribution in [2.45, 2.75) is 25.7 Å². The van der Waals surface area contributed by atoms with E-state index in [9.17, 15) is 9.59 Å². The van der Waals surface area contributed by atoms with Crippen molar-refractivity contribution in [3.63, 3.8) is 0 Å². The summed E-state index contributed by atoms with van der Waals surface area (Å²) in [6.07, 6.45) is 5.16. The Morgan fingerprint density at radius 1 is 1.24 bits per heavy atom. The fourth-order valence-corrected chi connectivity index (χ4v) is 2.43. The quantitative estimate of drug-likeness (QED) is 0.781. The smallest absolute Gasteiger partial charge is 0.260 e. The van der Waals surface area contributed by atoms with E-state index in [2.05, 4.69) is 0 Å². The van der Waals surface area contributed by atoms with Crippen LogP contribution in [-0.4, -0.2) is 43.9 Å². The van der Waals surface area contributed by atoms with E-state index >= 15 is 0 Å². The van der Waals surface area contributed by atoms with Gasteiger partial charge in [-0.15, -0.1) is 0 Å². The minimum absolute atomic E-state index is 0.0235. The van der Waals surface area contributed by atoms with Gasteiger partial charge in [-0.3, -0.25) is 9.59 Å². The number of carbonyl (C=O) groups excluding carboxylic acids is 2. The molecule has 0 atom stereocenters. The zero-order valence-corrected chi connectivity index (χ0v) is 12.3. The molecule has 1 aliphatic heterocycles. The molecule has 1 aromatic carbocycles. The maximum absolute atomic E-state index is 12.1. The molecule has 1 fully saturated rings. The summed E-state index contributed by atoms with van der Waals surface area (Å²) in [6, 6.07) is 4.95. The van der Waals surface area contributed by atoms with Gasteiger partial charge in [0, 0.05) is 13.1 Å². The van der Waals surface area contributed by atoms with Crippen LogP contribution in [0, 0.1) is 0 Å². The second kappa shape index (κ2) is 7.67. The predicted molar refractivity (Wildman–Crippen MR) is 78.9 cm³/mol. The lowest BCUT2D eigenvalue weighted by molar-refractivity contribution is -0.133. The van der Waals surface area contributed by atoms with Gasteiger partial charge in [0.15, 0.2) is 12.9 Å². The van der Waals surface area contributed by atoms with Gasteiger partial charge in [0.05, 0.1) is 12.7 Å². The van der Waals surface area contributed by atoms with E-state index in [1.54, 1.807) is 18.2 Å². The molecule has 1 amide bonds. The third-order valence-corrected chi connectivity index (χ3v) is 3.65. The maximum Gasteiger partial charge on any atom is 0.260 e. The number of nitrogens with zero attached hydrogens (tertiary/aromatic N) is 1. The highest BCUT2D eigenvalue weighted by atomic mass is 16.5. The standard InChI is InChI=1S/C16H21NO4/c1-20-14-6-7-15(13(10-14)11-18)21-12-16(19)17-8-4-2-3-5-9-17/h6-7,10-11H,2-5,8-9,12H2,1H3. The van der Waals surface area contributed by atoms with E-state index < -0.39 is 0 Å². The number of rotatable bonds is 5. The Balaban J connectivity index is 1.95. The Bertz CT molecular complexity index is 493. The van der Waals surface area contributed by atoms with Crippen LogP contribution < -0.4 is 9.47 Å². The van der Waals surface area contributed by atoms with Crippen molar-refractivity contribution in [1.29, 1.82) is 0 Å². The van der Waals surface area contributed by atoms with Crippen LogP contribution in [0.2, 0.25) is 0 Å². The van der Waals surface area contributed by atoms with Gasteiger partial charge in [-0.2, -0.15) is 0 Å². The third-order valence-electron chi connectivity index (χ3n) is 3.65. The van der Waals surface area contributed by atoms with Crippen molar-refractivity contribution >= 4 is 12.2 Å². The molecule has 0 unspecified atom stereocenters. The Hall–Kier alpha value is -2.04. The number of likely N-dealkylation sites (tertiary alicyclic amines) is 1. The summed E-state index contributed by atoms with van der Waals surface area (Å²) in [4.78, 5) is 25.0. The van der Waals surface area contributed by atoms with Gasteiger partial charge in [0.2, 0.25) is 0 Å². The van der Waals surface area contributed by atoms with Crippen molar-refractivity contribution in [3.05, 3.63) is 23.8 Å². The number of amides is 1. The molecule has 0 N–H and O–H groups in total. The van der Waals surface area contributed by atoms with Crippen LogP contribution in [-0.2, 0) is 4.79 Å². The van der Waals surface area contributed by atoms with Crippen LogP contribution in [0.1, 0.15) is 36.0 Å². The molecule has 0 aromatic heterocycles. The summed E-state index contributed by atoms with van der Waals surface area (Å²) in [5.41, 5.74) is 0.387. The fourth-order valence-electron chi connectivity index (χ4n) is 2.43. The third kappa shape index (κ3) is 4.21. The van der Waals surface area contributed by atoms with Crippen LogP contribution in [0.3, 0.4) is 0 Å². The Kier molecular flexibility index (Phi) is 5.60. The predicted octanol–water partition coefficient (Wildman–Crippen LogP) is 2.29. The van der Waals surface area contributed by atoms with Gasteiger partial charge >= 0.3 is 0 Å². The molecular weight excluding hydrogens is 270 g/mol. The minimum Gasteiger partial charge on any atom is -0.497 e. The molecule has 0 aliphatic carbocycles. The first kappa shape index (κ1) is 15.4. The van der Waals surface area contributed by atoms with Gasteiger partial charge in [-0.25, -0.2) is 0 Å². The summed E-state index contributed by atoms with van der Waals surface area (Å²) in [6.45, 7) is 1.56. The summed E-state index contributed by atoms with van der Waals surface area (Å²) in [7, 11) is 1.54. The summed E-state index contributed by atoms with van der Waals surface area (Å²) in [5, 5.41) is 0. The zero-order valence-electron chi connectivity index (χ0n) is 12.3. The van der Waals surface area contributed by atoms with Crippen molar-refractivity contribution in [2.24, 2.45) is 0 Å². The number of benzene rings is 1. The lowest BCUT2D eigenvalue weighted by Crippen LogP contribution is -2.35. The van der Waals surface area contributed by atoms with E-state index in [1.165, 1.54) is 20.0 Å². The van der Waals surface area contributed by atoms with Crippen LogP contribution in [0.4, 0.5) is 0 Å². The number of aldehydes is 1. The Morgan fingerprint density at radius 3 is 2.57 bits per heavy atom. The lowest BCUT2D eigenvalue weighted by atomic mass is 10.2. The molecule has 0 spiro atoms. The average Bonchev–Trinajstić information content (AvgIpc) is 2.81. The Labute approximate surface area is 124 Å². The van der Waals surface area contributed by atoms with Gasteiger partial charge in [0.25, 0.3) is 5.91 Å². The van der Waals surface area contributed by atoms with E-state index in [-0.39, 0.29) is 12.5 Å². The molecule has 1 aromatic rings. The molecule has 5 heteroatoms. The lowest BCUT2D eigenvalue weighted by Gasteiger charge is -2.20. The van der Waals surface area contributed by atoms with Crippen molar-refractivity contribution < 1.29 is 19.1 Å². The first-order valence-corrected chi connectivity index (χ1v) is 7.28. The summed E-state index contributed by atoms with van der Waals surface area (Å²) < 4.78 is 10.6. The maximum atomic E-state index is 12.1. The van der Waals surface area contributed by atoms with Gasteiger partial charge < -0.3 is 14.4 Å². The van der Waals surface area contributed by atoms with Crippen LogP contribution in [0.5, 0.6) is 11.5 Å². The number of hydrogen-bond donors (Lipinski definition) is 0. The molecule has 114 valence electrons. The molecule has 1 saturated heterocycles.